The van der Waals surface area contributed by atoms with Gasteiger partial charge in [-0.15, -0.1) is 0 Å². The van der Waals surface area contributed by atoms with Crippen molar-refractivity contribution in [3.8, 4) is 0 Å². The van der Waals surface area contributed by atoms with E-state index in [-0.39, 0.29) is 5.56 Å². The van der Waals surface area contributed by atoms with Crippen molar-refractivity contribution in [3.63, 3.8) is 0 Å². The zero-order valence-electron chi connectivity index (χ0n) is 12.5. The Hall–Kier alpha value is -2.17. The minimum Gasteiger partial charge on any atom is -0.326 e. The molecular weight excluding hydrogens is 264 g/mol. The monoisotopic (exact) mass is 284 g/mol. The third kappa shape index (κ3) is 2.22. The van der Waals surface area contributed by atoms with Crippen molar-refractivity contribution < 1.29 is 0 Å². The molecule has 3 rings (SSSR count). The van der Waals surface area contributed by atoms with Crippen LogP contribution in [0.3, 0.4) is 0 Å². The van der Waals surface area contributed by atoms with Gasteiger partial charge in [0.25, 0.3) is 5.56 Å². The van der Waals surface area contributed by atoms with Crippen molar-refractivity contribution in [1.82, 2.24) is 19.1 Å². The fraction of sp³-hybridized carbons (Fsp3) is 0.438. The van der Waals surface area contributed by atoms with Gasteiger partial charge in [0.05, 0.1) is 6.33 Å². The van der Waals surface area contributed by atoms with Gasteiger partial charge < -0.3 is 4.57 Å². The second-order valence-electron chi connectivity index (χ2n) is 5.32. The van der Waals surface area contributed by atoms with Gasteiger partial charge in [-0.2, -0.15) is 0 Å². The van der Waals surface area contributed by atoms with Gasteiger partial charge >= 0.3 is 0 Å². The molecule has 0 spiro atoms. The molecule has 0 fully saturated rings. The molecule has 3 aromatic rings. The van der Waals surface area contributed by atoms with Crippen molar-refractivity contribution in [2.75, 3.05) is 0 Å². The molecule has 0 bridgehead atoms. The number of rotatable bonds is 5. The van der Waals surface area contributed by atoms with E-state index in [1.165, 1.54) is 0 Å². The van der Waals surface area contributed by atoms with E-state index in [9.17, 15) is 4.79 Å². The van der Waals surface area contributed by atoms with Gasteiger partial charge in [0.15, 0.2) is 0 Å². The lowest BCUT2D eigenvalue weighted by molar-refractivity contribution is 0.624. The van der Waals surface area contributed by atoms with Gasteiger partial charge in [-0.25, -0.2) is 9.97 Å². The van der Waals surface area contributed by atoms with Gasteiger partial charge in [0.1, 0.15) is 16.7 Å². The van der Waals surface area contributed by atoms with E-state index in [1.54, 1.807) is 17.1 Å². The van der Waals surface area contributed by atoms with E-state index < -0.39 is 0 Å². The summed E-state index contributed by atoms with van der Waals surface area (Å²) in [5, 5.41) is 0.957. The molecule has 0 aromatic carbocycles. The topological polar surface area (TPSA) is 52.7 Å². The van der Waals surface area contributed by atoms with Crippen molar-refractivity contribution >= 4 is 22.1 Å². The number of nitrogens with zero attached hydrogens (tertiary/aromatic N) is 4. The summed E-state index contributed by atoms with van der Waals surface area (Å²) in [6, 6.07) is 3.89. The Morgan fingerprint density at radius 1 is 1.14 bits per heavy atom. The van der Waals surface area contributed by atoms with Crippen molar-refractivity contribution in [2.24, 2.45) is 0 Å². The Morgan fingerprint density at radius 3 is 2.76 bits per heavy atom. The Bertz CT molecular complexity index is 831. The highest BCUT2D eigenvalue weighted by atomic mass is 16.1. The van der Waals surface area contributed by atoms with Crippen LogP contribution >= 0.6 is 0 Å². The molecule has 0 saturated heterocycles. The summed E-state index contributed by atoms with van der Waals surface area (Å²) in [6.07, 6.45) is 6.50. The number of pyridine rings is 2. The second kappa shape index (κ2) is 5.68. The maximum absolute atomic E-state index is 12.9. The summed E-state index contributed by atoms with van der Waals surface area (Å²) < 4.78 is 3.77. The van der Waals surface area contributed by atoms with Crippen LogP contribution in [-0.2, 0) is 13.1 Å². The first-order valence-electron chi connectivity index (χ1n) is 7.60. The third-order valence-electron chi connectivity index (χ3n) is 3.78. The summed E-state index contributed by atoms with van der Waals surface area (Å²) in [5.41, 5.74) is 2.23. The summed E-state index contributed by atoms with van der Waals surface area (Å²) in [4.78, 5) is 21.7. The zero-order valence-corrected chi connectivity index (χ0v) is 12.5. The highest BCUT2D eigenvalue weighted by Crippen LogP contribution is 2.20. The van der Waals surface area contributed by atoms with E-state index in [1.807, 2.05) is 16.7 Å². The van der Waals surface area contributed by atoms with E-state index in [0.717, 1.165) is 42.4 Å². The molecule has 0 aliphatic rings. The van der Waals surface area contributed by atoms with Crippen molar-refractivity contribution in [2.45, 2.75) is 46.2 Å². The molecule has 21 heavy (non-hydrogen) atoms. The van der Waals surface area contributed by atoms with Crippen LogP contribution < -0.4 is 5.56 Å². The molecule has 0 N–H and O–H groups in total. The molecular formula is C16H20N4O. The molecule has 0 atom stereocenters. The maximum Gasteiger partial charge on any atom is 0.278 e. The first kappa shape index (κ1) is 13.8. The van der Waals surface area contributed by atoms with Gasteiger partial charge in [-0.3, -0.25) is 9.36 Å². The van der Waals surface area contributed by atoms with Crippen molar-refractivity contribution in [3.05, 3.63) is 35.0 Å². The maximum atomic E-state index is 12.9. The van der Waals surface area contributed by atoms with Crippen molar-refractivity contribution in [1.29, 1.82) is 0 Å². The van der Waals surface area contributed by atoms with Crippen LogP contribution in [0.1, 0.15) is 33.1 Å². The molecule has 5 nitrogen and oxygen atoms in total. The van der Waals surface area contributed by atoms with Crippen LogP contribution in [0, 0.1) is 0 Å². The van der Waals surface area contributed by atoms with Crippen LogP contribution in [0.4, 0.5) is 0 Å². The zero-order chi connectivity index (χ0) is 14.8. The van der Waals surface area contributed by atoms with E-state index >= 15 is 0 Å². The number of imidazole rings is 1. The Balaban J connectivity index is 2.37. The van der Waals surface area contributed by atoms with Gasteiger partial charge in [0, 0.05) is 24.7 Å². The summed E-state index contributed by atoms with van der Waals surface area (Å²) in [6.45, 7) is 5.74. The summed E-state index contributed by atoms with van der Waals surface area (Å²) in [5.74, 6) is 0. The molecule has 3 aromatic heterocycles. The quantitative estimate of drug-likeness (QED) is 0.724. The molecule has 3 heterocycles. The number of fused-ring (bicyclic) bond motifs is 3. The predicted octanol–water partition coefficient (Wildman–Crippen LogP) is 2.96. The average Bonchev–Trinajstić information content (AvgIpc) is 2.92. The summed E-state index contributed by atoms with van der Waals surface area (Å²) in [7, 11) is 0. The second-order valence-corrected chi connectivity index (χ2v) is 5.32. The Kier molecular flexibility index (Phi) is 3.73. The molecule has 0 radical (unpaired) electrons. The predicted molar refractivity (Wildman–Crippen MR) is 84.5 cm³/mol. The molecule has 0 unspecified atom stereocenters. The number of aromatic nitrogens is 4. The first-order valence-corrected chi connectivity index (χ1v) is 7.60. The standard InChI is InChI=1S/C16H20N4O/c1-3-5-10-20-15-12(7-6-8-17-15)13-14(16(20)21)19(9-4-2)11-18-13/h6-8,11H,3-5,9-10H2,1-2H3. The number of aryl methyl sites for hydroxylation is 2. The molecule has 0 amide bonds. The van der Waals surface area contributed by atoms with E-state index in [0.29, 0.717) is 12.1 Å². The minimum atomic E-state index is 0.0237. The number of hydrogen-bond acceptors (Lipinski definition) is 3. The van der Waals surface area contributed by atoms with E-state index in [4.69, 9.17) is 0 Å². The molecule has 5 heteroatoms. The summed E-state index contributed by atoms with van der Waals surface area (Å²) >= 11 is 0. The fourth-order valence-electron chi connectivity index (χ4n) is 2.76. The first-order chi connectivity index (χ1) is 10.3. The SMILES string of the molecule is CCCCn1c(=O)c2c(ncn2CCC)c2cccnc21. The minimum absolute atomic E-state index is 0.0237. The normalized spacial score (nSPS) is 11.5. The highest BCUT2D eigenvalue weighted by Gasteiger charge is 2.15. The van der Waals surface area contributed by atoms with Gasteiger partial charge in [0.2, 0.25) is 0 Å². The molecule has 0 aliphatic carbocycles. The third-order valence-corrected chi connectivity index (χ3v) is 3.78. The van der Waals surface area contributed by atoms with Gasteiger partial charge in [-0.1, -0.05) is 20.3 Å². The lowest BCUT2D eigenvalue weighted by atomic mass is 10.2. The van der Waals surface area contributed by atoms with Crippen LogP contribution in [0.15, 0.2) is 29.5 Å². The molecule has 0 saturated carbocycles. The number of unbranched alkanes of at least 4 members (excludes halogenated alkanes) is 1. The van der Waals surface area contributed by atoms with Crippen LogP contribution in [0.2, 0.25) is 0 Å². The van der Waals surface area contributed by atoms with Crippen LogP contribution in [0.5, 0.6) is 0 Å². The Labute approximate surface area is 123 Å². The Morgan fingerprint density at radius 2 is 2.00 bits per heavy atom. The smallest absolute Gasteiger partial charge is 0.278 e. The highest BCUT2D eigenvalue weighted by molar-refractivity contribution is 6.00. The van der Waals surface area contributed by atoms with Crippen LogP contribution in [0.25, 0.3) is 22.1 Å². The lowest BCUT2D eigenvalue weighted by Gasteiger charge is -2.10. The molecule has 110 valence electrons. The van der Waals surface area contributed by atoms with Gasteiger partial charge in [-0.05, 0) is 25.0 Å². The largest absolute Gasteiger partial charge is 0.326 e. The average molecular weight is 284 g/mol. The van der Waals surface area contributed by atoms with Crippen LogP contribution in [-0.4, -0.2) is 19.1 Å². The number of hydrogen-bond donors (Lipinski definition) is 0. The van der Waals surface area contributed by atoms with E-state index in [2.05, 4.69) is 23.8 Å². The lowest BCUT2D eigenvalue weighted by Crippen LogP contribution is -2.23. The molecule has 0 aliphatic heterocycles. The fourth-order valence-corrected chi connectivity index (χ4v) is 2.76.